The Morgan fingerprint density at radius 1 is 0.657 bits per heavy atom. The first-order valence-electron chi connectivity index (χ1n) is 10.9. The van der Waals surface area contributed by atoms with Crippen LogP contribution in [0.1, 0.15) is 39.8 Å². The summed E-state index contributed by atoms with van der Waals surface area (Å²) < 4.78 is 122. The van der Waals surface area contributed by atoms with Crippen molar-refractivity contribution in [2.45, 2.75) is 54.0 Å². The average Bonchev–Trinajstić information content (AvgIpc) is 3.42. The van der Waals surface area contributed by atoms with Gasteiger partial charge in [0.1, 0.15) is 0 Å². The Morgan fingerprint density at radius 2 is 1.09 bits per heavy atom. The monoisotopic (exact) mass is 520 g/mol. The highest BCUT2D eigenvalue weighted by Gasteiger charge is 2.81. The molecule has 0 amide bonds. The highest BCUT2D eigenvalue weighted by molar-refractivity contribution is 6.82. The summed E-state index contributed by atoms with van der Waals surface area (Å²) in [6, 6.07) is 13.7. The molecule has 0 bridgehead atoms. The van der Waals surface area contributed by atoms with Crippen LogP contribution in [0.4, 0.5) is 39.5 Å². The molecule has 10 heteroatoms. The van der Waals surface area contributed by atoms with Crippen molar-refractivity contribution in [1.29, 1.82) is 0 Å². The molecule has 0 spiro atoms. The third kappa shape index (κ3) is 3.93. The van der Waals surface area contributed by atoms with Gasteiger partial charge in [-0.25, -0.2) is 0 Å². The van der Waals surface area contributed by atoms with E-state index in [9.17, 15) is 39.5 Å². The molecule has 2 aromatic rings. The van der Waals surface area contributed by atoms with E-state index in [4.69, 9.17) is 0 Å². The van der Waals surface area contributed by atoms with Gasteiger partial charge in [-0.1, -0.05) is 79.4 Å². The minimum Gasteiger partial charge on any atom is -0.200 e. The van der Waals surface area contributed by atoms with Gasteiger partial charge >= 0.3 is 23.9 Å². The van der Waals surface area contributed by atoms with Crippen molar-refractivity contribution >= 4 is 20.2 Å². The lowest BCUT2D eigenvalue weighted by Crippen LogP contribution is -2.61. The Labute approximate surface area is 197 Å². The maximum Gasteiger partial charge on any atom is 0.460 e. The Morgan fingerprint density at radius 3 is 1.51 bits per heavy atom. The number of alkyl halides is 9. The average molecular weight is 521 g/mol. The van der Waals surface area contributed by atoms with E-state index in [1.54, 1.807) is 67.2 Å². The second kappa shape index (κ2) is 8.28. The maximum atomic E-state index is 14.6. The first-order chi connectivity index (χ1) is 16.1. The van der Waals surface area contributed by atoms with E-state index in [1.165, 1.54) is 0 Å². The van der Waals surface area contributed by atoms with Crippen molar-refractivity contribution in [1.82, 2.24) is 0 Å². The zero-order chi connectivity index (χ0) is 25.9. The van der Waals surface area contributed by atoms with Gasteiger partial charge < -0.3 is 0 Å². The zero-order valence-corrected chi connectivity index (χ0v) is 19.4. The number of fused-ring (bicyclic) bond motifs is 2. The number of benzene rings is 2. The molecule has 0 aliphatic heterocycles. The molecule has 0 heterocycles. The zero-order valence-electron chi connectivity index (χ0n) is 18.4. The first-order valence-corrected chi connectivity index (χ1v) is 13.7. The van der Waals surface area contributed by atoms with Gasteiger partial charge in [-0.15, -0.1) is 0 Å². The lowest BCUT2D eigenvalue weighted by molar-refractivity contribution is -0.396. The minimum atomic E-state index is -6.87. The third-order valence-electron chi connectivity index (χ3n) is 7.21. The van der Waals surface area contributed by atoms with Crippen molar-refractivity contribution < 1.29 is 39.5 Å². The maximum absolute atomic E-state index is 14.6. The standard InChI is InChI=1S/C25H21F9Si/c1-35(20-12-10-16-6-2-4-8-18(16)20,21-13-11-17-7-3-5-9-19(17)21)15-14-22(26,27)23(28,29)24(30,31)25(32,33)34/h2-13,20-21H,14-15H2,1H3. The van der Waals surface area contributed by atoms with E-state index >= 15 is 0 Å². The number of rotatable bonds is 7. The van der Waals surface area contributed by atoms with Crippen LogP contribution < -0.4 is 0 Å². The van der Waals surface area contributed by atoms with E-state index in [1.807, 2.05) is 12.1 Å². The molecule has 0 saturated heterocycles. The van der Waals surface area contributed by atoms with Gasteiger partial charge in [0.15, 0.2) is 0 Å². The Kier molecular flexibility index (Phi) is 6.06. The number of halogens is 9. The lowest BCUT2D eigenvalue weighted by Gasteiger charge is -2.41. The molecule has 2 atom stereocenters. The third-order valence-corrected chi connectivity index (χ3v) is 12.4. The molecule has 2 aliphatic carbocycles. The SMILES string of the molecule is C[Si](CCC(F)(F)C(F)(F)C(F)(F)C(F)(F)F)(C1C=Cc2ccccc21)C1C=Cc2ccccc21. The summed E-state index contributed by atoms with van der Waals surface area (Å²) in [5.41, 5.74) is 2.41. The van der Waals surface area contributed by atoms with E-state index in [0.29, 0.717) is 0 Å². The first kappa shape index (κ1) is 25.6. The minimum absolute atomic E-state index is 0.424. The summed E-state index contributed by atoms with van der Waals surface area (Å²) in [7, 11) is -3.19. The quantitative estimate of drug-likeness (QED) is 0.253. The molecular formula is C25H21F9Si. The Balaban J connectivity index is 1.73. The van der Waals surface area contributed by atoms with Crippen LogP contribution in [0.15, 0.2) is 60.7 Å². The summed E-state index contributed by atoms with van der Waals surface area (Å²) in [6.45, 7) is 1.72. The lowest BCUT2D eigenvalue weighted by atomic mass is 10.0. The van der Waals surface area contributed by atoms with E-state index in [-0.39, 0.29) is 0 Å². The molecule has 2 unspecified atom stereocenters. The summed E-state index contributed by atoms with van der Waals surface area (Å²) in [5.74, 6) is -19.1. The molecule has 0 N–H and O–H groups in total. The molecule has 0 radical (unpaired) electrons. The fourth-order valence-electron chi connectivity index (χ4n) is 5.14. The highest BCUT2D eigenvalue weighted by Crippen LogP contribution is 2.56. The van der Waals surface area contributed by atoms with Crippen LogP contribution in [0.3, 0.4) is 0 Å². The van der Waals surface area contributed by atoms with Crippen molar-refractivity contribution in [3.63, 3.8) is 0 Å². The number of allylic oxidation sites excluding steroid dienone is 2. The molecule has 2 aromatic carbocycles. The van der Waals surface area contributed by atoms with Crippen LogP contribution in [0, 0.1) is 0 Å². The van der Waals surface area contributed by atoms with Gasteiger partial charge in [0.05, 0.1) is 8.07 Å². The van der Waals surface area contributed by atoms with Gasteiger partial charge in [-0.2, -0.15) is 39.5 Å². The normalized spacial score (nSPS) is 21.7. The van der Waals surface area contributed by atoms with Crippen molar-refractivity contribution in [3.05, 3.63) is 82.9 Å². The highest BCUT2D eigenvalue weighted by atomic mass is 28.3. The fraction of sp³-hybridized carbons (Fsp3) is 0.360. The summed E-state index contributed by atoms with van der Waals surface area (Å²) in [4.78, 5) is 0. The van der Waals surface area contributed by atoms with Crippen molar-refractivity contribution in [3.8, 4) is 0 Å². The van der Waals surface area contributed by atoms with Crippen LogP contribution in [-0.4, -0.2) is 32.0 Å². The molecule has 0 fully saturated rings. The van der Waals surface area contributed by atoms with Crippen LogP contribution in [0.5, 0.6) is 0 Å². The number of hydrogen-bond acceptors (Lipinski definition) is 0. The van der Waals surface area contributed by atoms with Crippen LogP contribution in [0.25, 0.3) is 12.2 Å². The molecule has 35 heavy (non-hydrogen) atoms. The van der Waals surface area contributed by atoms with Gasteiger partial charge in [0, 0.05) is 6.42 Å². The molecule has 0 aromatic heterocycles. The predicted molar refractivity (Wildman–Crippen MR) is 118 cm³/mol. The van der Waals surface area contributed by atoms with E-state index in [2.05, 4.69) is 0 Å². The largest absolute Gasteiger partial charge is 0.460 e. The summed E-state index contributed by atoms with van der Waals surface area (Å²) in [6.07, 6.45) is -1.44. The number of hydrogen-bond donors (Lipinski definition) is 0. The fourth-order valence-corrected chi connectivity index (χ4v) is 10.0. The molecule has 0 nitrogen and oxygen atoms in total. The van der Waals surface area contributed by atoms with Crippen LogP contribution in [-0.2, 0) is 0 Å². The van der Waals surface area contributed by atoms with Gasteiger partial charge in [-0.05, 0) is 39.4 Å². The molecule has 2 aliphatic rings. The van der Waals surface area contributed by atoms with Gasteiger partial charge in [0.25, 0.3) is 0 Å². The molecule has 188 valence electrons. The van der Waals surface area contributed by atoms with E-state index in [0.717, 1.165) is 22.3 Å². The van der Waals surface area contributed by atoms with Gasteiger partial charge in [0.2, 0.25) is 0 Å². The molecule has 4 rings (SSSR count). The van der Waals surface area contributed by atoms with Crippen LogP contribution in [0.2, 0.25) is 12.6 Å². The van der Waals surface area contributed by atoms with Crippen molar-refractivity contribution in [2.24, 2.45) is 0 Å². The Hall–Kier alpha value is -2.49. The summed E-state index contributed by atoms with van der Waals surface area (Å²) in [5, 5.41) is 0. The Bertz CT molecular complexity index is 1100. The van der Waals surface area contributed by atoms with Gasteiger partial charge in [-0.3, -0.25) is 0 Å². The molecular weight excluding hydrogens is 499 g/mol. The van der Waals surface area contributed by atoms with E-state index < -0.39 is 55.6 Å². The smallest absolute Gasteiger partial charge is 0.200 e. The molecule has 0 saturated carbocycles. The predicted octanol–water partition coefficient (Wildman–Crippen LogP) is 8.62. The summed E-state index contributed by atoms with van der Waals surface area (Å²) >= 11 is 0. The second-order valence-corrected chi connectivity index (χ2v) is 14.0. The topological polar surface area (TPSA) is 0 Å². The second-order valence-electron chi connectivity index (χ2n) is 9.29. The van der Waals surface area contributed by atoms with Crippen LogP contribution >= 0.6 is 0 Å². The van der Waals surface area contributed by atoms with Crippen molar-refractivity contribution in [2.75, 3.05) is 0 Å².